The first-order chi connectivity index (χ1) is 7.67. The molecular weight excluding hydrogens is 269 g/mol. The molecular formula is C13H19BrFN. The third kappa shape index (κ3) is 4.22. The molecule has 0 aliphatic heterocycles. The molecule has 16 heavy (non-hydrogen) atoms. The summed E-state index contributed by atoms with van der Waals surface area (Å²) in [7, 11) is 1.94. The molecule has 1 N–H and O–H groups in total. The van der Waals surface area contributed by atoms with E-state index in [2.05, 4.69) is 28.2 Å². The van der Waals surface area contributed by atoms with Crippen molar-refractivity contribution in [2.45, 2.75) is 26.2 Å². The van der Waals surface area contributed by atoms with Gasteiger partial charge in [0, 0.05) is 4.47 Å². The fourth-order valence-electron chi connectivity index (χ4n) is 1.98. The minimum absolute atomic E-state index is 0.0968. The van der Waals surface area contributed by atoms with Gasteiger partial charge in [0.15, 0.2) is 0 Å². The Morgan fingerprint density at radius 3 is 2.81 bits per heavy atom. The fraction of sp³-hybridized carbons (Fsp3) is 0.538. The minimum atomic E-state index is -0.0968. The molecule has 1 aromatic carbocycles. The summed E-state index contributed by atoms with van der Waals surface area (Å²) in [5.41, 5.74) is 0.808. The Labute approximate surface area is 106 Å². The first kappa shape index (κ1) is 13.7. The second kappa shape index (κ2) is 7.02. The average molecular weight is 288 g/mol. The quantitative estimate of drug-likeness (QED) is 0.840. The summed E-state index contributed by atoms with van der Waals surface area (Å²) in [6.07, 6.45) is 3.08. The van der Waals surface area contributed by atoms with Crippen LogP contribution in [0.2, 0.25) is 0 Å². The lowest BCUT2D eigenvalue weighted by atomic mass is 9.95. The van der Waals surface area contributed by atoms with Crippen LogP contribution in [0.1, 0.15) is 25.3 Å². The molecule has 0 amide bonds. The second-order valence-corrected chi connectivity index (χ2v) is 5.07. The van der Waals surface area contributed by atoms with Gasteiger partial charge in [-0.25, -0.2) is 4.39 Å². The van der Waals surface area contributed by atoms with Crippen LogP contribution in [0.15, 0.2) is 22.7 Å². The molecule has 0 aromatic heterocycles. The van der Waals surface area contributed by atoms with E-state index < -0.39 is 0 Å². The number of hydrogen-bond donors (Lipinski definition) is 1. The molecule has 0 aliphatic rings. The first-order valence-corrected chi connectivity index (χ1v) is 6.55. The number of rotatable bonds is 6. The third-order valence-electron chi connectivity index (χ3n) is 2.71. The van der Waals surface area contributed by atoms with Crippen LogP contribution in [0, 0.1) is 11.7 Å². The van der Waals surface area contributed by atoms with E-state index in [1.165, 1.54) is 6.07 Å². The molecule has 0 fully saturated rings. The fourth-order valence-corrected chi connectivity index (χ4v) is 2.39. The van der Waals surface area contributed by atoms with Crippen molar-refractivity contribution in [2.75, 3.05) is 13.6 Å². The molecule has 1 aromatic rings. The van der Waals surface area contributed by atoms with Crippen LogP contribution in [0.3, 0.4) is 0 Å². The predicted molar refractivity (Wildman–Crippen MR) is 70.1 cm³/mol. The van der Waals surface area contributed by atoms with Crippen molar-refractivity contribution >= 4 is 15.9 Å². The minimum Gasteiger partial charge on any atom is -0.319 e. The predicted octanol–water partition coefficient (Wildman–Crippen LogP) is 3.77. The molecule has 1 atom stereocenters. The van der Waals surface area contributed by atoms with E-state index in [0.717, 1.165) is 35.8 Å². The Kier molecular flexibility index (Phi) is 5.99. The Balaban J connectivity index is 2.71. The molecule has 0 saturated heterocycles. The smallest absolute Gasteiger partial charge is 0.126 e. The van der Waals surface area contributed by atoms with Crippen molar-refractivity contribution < 1.29 is 4.39 Å². The zero-order valence-corrected chi connectivity index (χ0v) is 11.5. The van der Waals surface area contributed by atoms with Crippen molar-refractivity contribution in [3.05, 3.63) is 34.1 Å². The van der Waals surface area contributed by atoms with Gasteiger partial charge in [0.2, 0.25) is 0 Å². The molecule has 0 radical (unpaired) electrons. The highest BCUT2D eigenvalue weighted by molar-refractivity contribution is 9.10. The zero-order valence-electron chi connectivity index (χ0n) is 9.89. The van der Waals surface area contributed by atoms with Gasteiger partial charge in [0.1, 0.15) is 5.82 Å². The van der Waals surface area contributed by atoms with E-state index in [9.17, 15) is 4.39 Å². The topological polar surface area (TPSA) is 12.0 Å². The van der Waals surface area contributed by atoms with Crippen molar-refractivity contribution in [3.63, 3.8) is 0 Å². The molecule has 1 rings (SSSR count). The number of nitrogens with one attached hydrogen (secondary N) is 1. The van der Waals surface area contributed by atoms with Gasteiger partial charge in [0.25, 0.3) is 0 Å². The molecule has 0 bridgehead atoms. The number of benzene rings is 1. The Morgan fingerprint density at radius 2 is 2.19 bits per heavy atom. The monoisotopic (exact) mass is 287 g/mol. The molecule has 1 unspecified atom stereocenters. The summed E-state index contributed by atoms with van der Waals surface area (Å²) in [4.78, 5) is 0. The average Bonchev–Trinajstić information content (AvgIpc) is 2.24. The van der Waals surface area contributed by atoms with Gasteiger partial charge < -0.3 is 5.32 Å². The van der Waals surface area contributed by atoms with Crippen LogP contribution in [0.25, 0.3) is 0 Å². The first-order valence-electron chi connectivity index (χ1n) is 5.75. The van der Waals surface area contributed by atoms with Gasteiger partial charge >= 0.3 is 0 Å². The Morgan fingerprint density at radius 1 is 1.44 bits per heavy atom. The van der Waals surface area contributed by atoms with Crippen LogP contribution >= 0.6 is 15.9 Å². The van der Waals surface area contributed by atoms with Gasteiger partial charge in [-0.15, -0.1) is 0 Å². The molecule has 1 nitrogen and oxygen atoms in total. The van der Waals surface area contributed by atoms with E-state index in [-0.39, 0.29) is 5.82 Å². The summed E-state index contributed by atoms with van der Waals surface area (Å²) in [6.45, 7) is 3.11. The maximum absolute atomic E-state index is 13.6. The van der Waals surface area contributed by atoms with Crippen LogP contribution in [-0.4, -0.2) is 13.6 Å². The summed E-state index contributed by atoms with van der Waals surface area (Å²) >= 11 is 3.38. The third-order valence-corrected chi connectivity index (χ3v) is 3.20. The van der Waals surface area contributed by atoms with E-state index >= 15 is 0 Å². The SMILES string of the molecule is CCCC(CNC)Cc1cc(Br)ccc1F. The second-order valence-electron chi connectivity index (χ2n) is 4.15. The lowest BCUT2D eigenvalue weighted by Gasteiger charge is -2.16. The molecule has 0 spiro atoms. The van der Waals surface area contributed by atoms with Crippen molar-refractivity contribution in [1.82, 2.24) is 5.32 Å². The summed E-state index contributed by atoms with van der Waals surface area (Å²) in [5.74, 6) is 0.416. The van der Waals surface area contributed by atoms with Gasteiger partial charge in [-0.3, -0.25) is 0 Å². The molecule has 0 aliphatic carbocycles. The highest BCUT2D eigenvalue weighted by Crippen LogP contribution is 2.20. The van der Waals surface area contributed by atoms with Gasteiger partial charge in [0.05, 0.1) is 0 Å². The van der Waals surface area contributed by atoms with Gasteiger partial charge in [-0.1, -0.05) is 29.3 Å². The van der Waals surface area contributed by atoms with E-state index in [1.807, 2.05) is 13.1 Å². The van der Waals surface area contributed by atoms with E-state index in [4.69, 9.17) is 0 Å². The Hall–Kier alpha value is -0.410. The largest absolute Gasteiger partial charge is 0.319 e. The molecule has 3 heteroatoms. The molecule has 0 saturated carbocycles. The standard InChI is InChI=1S/C13H19BrFN/c1-3-4-10(9-16-2)7-11-8-12(14)5-6-13(11)15/h5-6,8,10,16H,3-4,7,9H2,1-2H3. The lowest BCUT2D eigenvalue weighted by Crippen LogP contribution is -2.21. The Bertz CT molecular complexity index is 322. The maximum Gasteiger partial charge on any atom is 0.126 e. The molecule has 0 heterocycles. The summed E-state index contributed by atoms with van der Waals surface area (Å²) in [5, 5.41) is 3.17. The van der Waals surface area contributed by atoms with E-state index in [0.29, 0.717) is 5.92 Å². The van der Waals surface area contributed by atoms with Gasteiger partial charge in [-0.2, -0.15) is 0 Å². The van der Waals surface area contributed by atoms with Crippen LogP contribution in [-0.2, 0) is 6.42 Å². The summed E-state index contributed by atoms with van der Waals surface area (Å²) < 4.78 is 14.5. The van der Waals surface area contributed by atoms with Crippen LogP contribution in [0.4, 0.5) is 4.39 Å². The normalized spacial score (nSPS) is 12.8. The zero-order chi connectivity index (χ0) is 12.0. The summed E-state index contributed by atoms with van der Waals surface area (Å²) in [6, 6.07) is 5.15. The van der Waals surface area contributed by atoms with Crippen molar-refractivity contribution in [3.8, 4) is 0 Å². The van der Waals surface area contributed by atoms with Crippen LogP contribution in [0.5, 0.6) is 0 Å². The van der Waals surface area contributed by atoms with Crippen molar-refractivity contribution in [2.24, 2.45) is 5.92 Å². The van der Waals surface area contributed by atoms with Crippen LogP contribution < -0.4 is 5.32 Å². The maximum atomic E-state index is 13.6. The number of hydrogen-bond acceptors (Lipinski definition) is 1. The highest BCUT2D eigenvalue weighted by Gasteiger charge is 2.11. The van der Waals surface area contributed by atoms with Gasteiger partial charge in [-0.05, 0) is 56.1 Å². The lowest BCUT2D eigenvalue weighted by molar-refractivity contribution is 0.446. The number of halogens is 2. The van der Waals surface area contributed by atoms with E-state index in [1.54, 1.807) is 6.07 Å². The highest BCUT2D eigenvalue weighted by atomic mass is 79.9. The van der Waals surface area contributed by atoms with Crippen molar-refractivity contribution in [1.29, 1.82) is 0 Å². The molecule has 90 valence electrons.